The van der Waals surface area contributed by atoms with Crippen molar-refractivity contribution in [3.63, 3.8) is 0 Å². The Labute approximate surface area is 112 Å². The number of hydrogen-bond donors (Lipinski definition) is 0. The fourth-order valence-electron chi connectivity index (χ4n) is 2.19. The van der Waals surface area contributed by atoms with E-state index in [1.54, 1.807) is 19.9 Å². The van der Waals surface area contributed by atoms with Gasteiger partial charge in [-0.25, -0.2) is 0 Å². The number of Topliss-reactive ketones (excluding diaryl/α,β-unsaturated/α-hetero) is 1. The predicted octanol–water partition coefficient (Wildman–Crippen LogP) is 1.18. The Morgan fingerprint density at radius 1 is 1.58 bits per heavy atom. The number of allylic oxidation sites excluding steroid dienone is 1. The molecule has 0 aromatic rings. The second-order valence-corrected chi connectivity index (χ2v) is 4.96. The van der Waals surface area contributed by atoms with Crippen LogP contribution >= 0.6 is 0 Å². The van der Waals surface area contributed by atoms with E-state index in [-0.39, 0.29) is 6.04 Å². The summed E-state index contributed by atoms with van der Waals surface area (Å²) in [5.41, 5.74) is 7.53. The van der Waals surface area contributed by atoms with Gasteiger partial charge in [0.2, 0.25) is 5.78 Å². The number of nitrogens with zero attached hydrogens (tertiary/aromatic N) is 3. The number of hydrogen-bond acceptors (Lipinski definition) is 3. The molecule has 104 valence electrons. The maximum atomic E-state index is 12.3. The van der Waals surface area contributed by atoms with Crippen molar-refractivity contribution >= 4 is 17.4 Å². The lowest BCUT2D eigenvalue weighted by Gasteiger charge is -2.32. The van der Waals surface area contributed by atoms with Crippen LogP contribution in [0.1, 0.15) is 33.6 Å². The summed E-state index contributed by atoms with van der Waals surface area (Å²) in [6.07, 6.45) is 3.19. The van der Waals surface area contributed by atoms with Gasteiger partial charge in [0.25, 0.3) is 0 Å². The molecule has 19 heavy (non-hydrogen) atoms. The molecule has 0 aliphatic carbocycles. The Morgan fingerprint density at radius 2 is 2.21 bits per heavy atom. The van der Waals surface area contributed by atoms with Crippen LogP contribution in [0.15, 0.2) is 12.7 Å². The summed E-state index contributed by atoms with van der Waals surface area (Å²) >= 11 is 0. The highest BCUT2D eigenvalue weighted by molar-refractivity contribution is 6.63. The van der Waals surface area contributed by atoms with Crippen molar-refractivity contribution in [1.29, 1.82) is 0 Å². The molecule has 6 nitrogen and oxygen atoms in total. The standard InChI is InChI=1S/C13H19N3O3/c1-5-6-7-10-8-19-13(3,4)16(10)12(18)11(15-14)9(2)17/h5,10H,1,6-8H2,2-4H3/t10-/m0/s1. The van der Waals surface area contributed by atoms with Crippen LogP contribution in [0.5, 0.6) is 0 Å². The van der Waals surface area contributed by atoms with E-state index in [2.05, 4.69) is 11.4 Å². The zero-order valence-corrected chi connectivity index (χ0v) is 11.5. The van der Waals surface area contributed by atoms with Crippen molar-refractivity contribution in [2.75, 3.05) is 6.61 Å². The van der Waals surface area contributed by atoms with Crippen LogP contribution in [0.4, 0.5) is 0 Å². The third-order valence-electron chi connectivity index (χ3n) is 3.13. The van der Waals surface area contributed by atoms with Crippen molar-refractivity contribution in [2.24, 2.45) is 0 Å². The number of amides is 1. The summed E-state index contributed by atoms with van der Waals surface area (Å²) in [6, 6.07) is -0.156. The SMILES string of the molecule is C=CCC[C@H]1COC(C)(C)N1C(=O)C(=[N+]=[N-])C(C)=O. The number of rotatable bonds is 5. The monoisotopic (exact) mass is 265 g/mol. The average molecular weight is 265 g/mol. The lowest BCUT2D eigenvalue weighted by Crippen LogP contribution is -2.52. The smallest absolute Gasteiger partial charge is 0.360 e. The lowest BCUT2D eigenvalue weighted by molar-refractivity contribution is -0.144. The van der Waals surface area contributed by atoms with E-state index in [0.29, 0.717) is 13.0 Å². The molecule has 1 saturated heterocycles. The normalized spacial score (nSPS) is 20.8. The Morgan fingerprint density at radius 3 is 2.68 bits per heavy atom. The van der Waals surface area contributed by atoms with Gasteiger partial charge in [-0.1, -0.05) is 6.08 Å². The molecule has 1 aliphatic heterocycles. The van der Waals surface area contributed by atoms with Crippen LogP contribution in [-0.2, 0) is 14.3 Å². The molecular weight excluding hydrogens is 246 g/mol. The molecule has 1 aliphatic rings. The maximum absolute atomic E-state index is 12.3. The van der Waals surface area contributed by atoms with E-state index in [1.165, 1.54) is 11.8 Å². The van der Waals surface area contributed by atoms with Crippen LogP contribution in [0.3, 0.4) is 0 Å². The van der Waals surface area contributed by atoms with Gasteiger partial charge < -0.3 is 10.3 Å². The first-order valence-electron chi connectivity index (χ1n) is 6.16. The van der Waals surface area contributed by atoms with Gasteiger partial charge in [0.05, 0.1) is 12.6 Å². The number of ether oxygens (including phenoxy) is 1. The molecule has 1 atom stereocenters. The molecule has 0 N–H and O–H groups in total. The second-order valence-electron chi connectivity index (χ2n) is 4.96. The highest BCUT2D eigenvalue weighted by atomic mass is 16.5. The van der Waals surface area contributed by atoms with Crippen molar-refractivity contribution in [2.45, 2.75) is 45.4 Å². The third kappa shape index (κ3) is 3.16. The highest BCUT2D eigenvalue weighted by Crippen LogP contribution is 2.29. The van der Waals surface area contributed by atoms with E-state index in [4.69, 9.17) is 10.3 Å². The first kappa shape index (κ1) is 15.3. The van der Waals surface area contributed by atoms with Crippen molar-refractivity contribution in [1.82, 2.24) is 4.90 Å². The molecule has 0 saturated carbocycles. The maximum Gasteiger partial charge on any atom is 0.421 e. The second kappa shape index (κ2) is 5.91. The highest BCUT2D eigenvalue weighted by Gasteiger charge is 2.47. The summed E-state index contributed by atoms with van der Waals surface area (Å²) in [4.78, 5) is 27.9. The van der Waals surface area contributed by atoms with Crippen LogP contribution in [0.2, 0.25) is 0 Å². The molecule has 1 rings (SSSR count). The third-order valence-corrected chi connectivity index (χ3v) is 3.13. The summed E-state index contributed by atoms with van der Waals surface area (Å²) in [5.74, 6) is -1.18. The minimum Gasteiger partial charge on any atom is -0.360 e. The lowest BCUT2D eigenvalue weighted by atomic mass is 10.1. The summed E-state index contributed by atoms with van der Waals surface area (Å²) < 4.78 is 5.58. The Bertz CT molecular complexity index is 450. The molecule has 0 spiro atoms. The molecule has 0 radical (unpaired) electrons. The van der Waals surface area contributed by atoms with Crippen molar-refractivity contribution in [3.05, 3.63) is 18.2 Å². The molecule has 0 bridgehead atoms. The van der Waals surface area contributed by atoms with E-state index >= 15 is 0 Å². The van der Waals surface area contributed by atoms with Gasteiger partial charge in [0.1, 0.15) is 5.72 Å². The average Bonchev–Trinajstić information content (AvgIpc) is 2.62. The zero-order valence-electron chi connectivity index (χ0n) is 11.5. The summed E-state index contributed by atoms with van der Waals surface area (Å²) in [6.45, 7) is 8.72. The topological polar surface area (TPSA) is 83.0 Å². The Kier molecular flexibility index (Phi) is 4.75. The molecule has 0 aromatic carbocycles. The van der Waals surface area contributed by atoms with Gasteiger partial charge in [0.15, 0.2) is 0 Å². The van der Waals surface area contributed by atoms with Crippen LogP contribution in [-0.4, -0.2) is 45.5 Å². The summed E-state index contributed by atoms with van der Waals surface area (Å²) in [5, 5.41) is 0. The number of carbonyl (C=O) groups excluding carboxylic acids is 2. The molecule has 1 fully saturated rings. The summed E-state index contributed by atoms with van der Waals surface area (Å²) in [7, 11) is 0. The van der Waals surface area contributed by atoms with E-state index in [0.717, 1.165) is 6.42 Å². The Balaban J connectivity index is 3.03. The van der Waals surface area contributed by atoms with Gasteiger partial charge in [-0.2, -0.15) is 4.79 Å². The van der Waals surface area contributed by atoms with E-state index < -0.39 is 23.1 Å². The molecule has 6 heteroatoms. The molecular formula is C13H19N3O3. The predicted molar refractivity (Wildman–Crippen MR) is 69.4 cm³/mol. The molecule has 1 heterocycles. The van der Waals surface area contributed by atoms with Crippen molar-refractivity contribution < 1.29 is 19.1 Å². The number of carbonyl (C=O) groups is 2. The largest absolute Gasteiger partial charge is 0.421 e. The zero-order chi connectivity index (χ0) is 14.6. The molecule has 1 amide bonds. The van der Waals surface area contributed by atoms with Gasteiger partial charge >= 0.3 is 11.6 Å². The van der Waals surface area contributed by atoms with Crippen molar-refractivity contribution in [3.8, 4) is 0 Å². The molecule has 0 aromatic heterocycles. The van der Waals surface area contributed by atoms with Gasteiger partial charge in [-0.05, 0) is 26.7 Å². The van der Waals surface area contributed by atoms with Gasteiger partial charge in [-0.15, -0.1) is 6.58 Å². The first-order chi connectivity index (χ1) is 8.85. The quantitative estimate of drug-likeness (QED) is 0.246. The van der Waals surface area contributed by atoms with Gasteiger partial charge in [0, 0.05) is 6.92 Å². The van der Waals surface area contributed by atoms with Crippen LogP contribution < -0.4 is 0 Å². The van der Waals surface area contributed by atoms with Gasteiger partial charge in [-0.3, -0.25) is 14.5 Å². The van der Waals surface area contributed by atoms with Crippen LogP contribution in [0.25, 0.3) is 5.53 Å². The number of ketones is 1. The minimum atomic E-state index is -0.825. The minimum absolute atomic E-state index is 0.156. The van der Waals surface area contributed by atoms with E-state index in [1.807, 2.05) is 0 Å². The van der Waals surface area contributed by atoms with Crippen LogP contribution in [0, 0.1) is 0 Å². The van der Waals surface area contributed by atoms with E-state index in [9.17, 15) is 9.59 Å². The molecule has 0 unspecified atom stereocenters. The first-order valence-corrected chi connectivity index (χ1v) is 6.16. The fourth-order valence-corrected chi connectivity index (χ4v) is 2.19. The Hall–Kier alpha value is -1.78. The fraction of sp³-hybridized carbons (Fsp3) is 0.615.